The van der Waals surface area contributed by atoms with Crippen LogP contribution in [0.25, 0.3) is 0 Å². The molecular weight excluding hydrogens is 217 g/mol. The van der Waals surface area contributed by atoms with Crippen molar-refractivity contribution in [1.82, 2.24) is 9.97 Å². The van der Waals surface area contributed by atoms with Crippen molar-refractivity contribution in [3.63, 3.8) is 0 Å². The summed E-state index contributed by atoms with van der Waals surface area (Å²) in [6.07, 6.45) is 0.387. The first-order chi connectivity index (χ1) is 6.06. The van der Waals surface area contributed by atoms with Crippen LogP contribution in [0.15, 0.2) is 0 Å². The van der Waals surface area contributed by atoms with Gasteiger partial charge in [0.25, 0.3) is 0 Å². The van der Waals surface area contributed by atoms with Crippen molar-refractivity contribution in [2.75, 3.05) is 0 Å². The lowest BCUT2D eigenvalue weighted by Crippen LogP contribution is -2.00. The van der Waals surface area contributed by atoms with Crippen molar-refractivity contribution in [1.29, 1.82) is 0 Å². The Labute approximate surface area is 83.9 Å². The SMILES string of the molecule is CCc1nc(Cl)nc(Cl)c1[N+](=O)[O-]. The van der Waals surface area contributed by atoms with Gasteiger partial charge in [-0.1, -0.05) is 18.5 Å². The molecule has 0 radical (unpaired) electrons. The minimum atomic E-state index is -0.614. The zero-order valence-electron chi connectivity index (χ0n) is 6.62. The molecule has 0 spiro atoms. The normalized spacial score (nSPS) is 10.1. The van der Waals surface area contributed by atoms with Gasteiger partial charge in [0.1, 0.15) is 5.69 Å². The first-order valence-electron chi connectivity index (χ1n) is 3.42. The Morgan fingerprint density at radius 3 is 2.54 bits per heavy atom. The van der Waals surface area contributed by atoms with Gasteiger partial charge in [0.15, 0.2) is 0 Å². The lowest BCUT2D eigenvalue weighted by molar-refractivity contribution is -0.386. The van der Waals surface area contributed by atoms with Gasteiger partial charge in [-0.15, -0.1) is 0 Å². The second kappa shape index (κ2) is 3.85. The average molecular weight is 222 g/mol. The van der Waals surface area contributed by atoms with Crippen LogP contribution >= 0.6 is 23.2 Å². The fourth-order valence-electron chi connectivity index (χ4n) is 0.870. The molecule has 0 saturated carbocycles. The zero-order valence-corrected chi connectivity index (χ0v) is 8.13. The second-order valence-corrected chi connectivity index (χ2v) is 2.89. The minimum absolute atomic E-state index is 0.0764. The van der Waals surface area contributed by atoms with Crippen LogP contribution < -0.4 is 0 Å². The van der Waals surface area contributed by atoms with Gasteiger partial charge in [-0.05, 0) is 18.0 Å². The molecule has 13 heavy (non-hydrogen) atoms. The van der Waals surface area contributed by atoms with Crippen LogP contribution in [0.3, 0.4) is 0 Å². The molecule has 0 unspecified atom stereocenters. The van der Waals surface area contributed by atoms with Gasteiger partial charge in [0.05, 0.1) is 4.92 Å². The molecule has 70 valence electrons. The Hall–Kier alpha value is -0.940. The maximum Gasteiger partial charge on any atom is 0.327 e. The fraction of sp³-hybridized carbons (Fsp3) is 0.333. The van der Waals surface area contributed by atoms with E-state index in [9.17, 15) is 10.1 Å². The predicted molar refractivity (Wildman–Crippen MR) is 48.1 cm³/mol. The molecule has 0 aliphatic heterocycles. The average Bonchev–Trinajstić information content (AvgIpc) is 2.01. The second-order valence-electron chi connectivity index (χ2n) is 2.19. The van der Waals surface area contributed by atoms with Gasteiger partial charge in [-0.25, -0.2) is 4.98 Å². The van der Waals surface area contributed by atoms with Crippen molar-refractivity contribution in [3.05, 3.63) is 26.2 Å². The lowest BCUT2D eigenvalue weighted by atomic mass is 10.3. The van der Waals surface area contributed by atoms with Crippen LogP contribution in [-0.4, -0.2) is 14.9 Å². The van der Waals surface area contributed by atoms with E-state index in [1.165, 1.54) is 0 Å². The number of halogens is 2. The van der Waals surface area contributed by atoms with Gasteiger partial charge in [0.2, 0.25) is 10.4 Å². The van der Waals surface area contributed by atoms with E-state index >= 15 is 0 Å². The summed E-state index contributed by atoms with van der Waals surface area (Å²) in [5.74, 6) is 0. The van der Waals surface area contributed by atoms with Crippen LogP contribution in [0, 0.1) is 10.1 Å². The fourth-order valence-corrected chi connectivity index (χ4v) is 1.36. The van der Waals surface area contributed by atoms with Gasteiger partial charge in [-0.3, -0.25) is 10.1 Å². The van der Waals surface area contributed by atoms with E-state index in [1.54, 1.807) is 6.92 Å². The molecular formula is C6H5Cl2N3O2. The van der Waals surface area contributed by atoms with Crippen molar-refractivity contribution >= 4 is 28.9 Å². The first-order valence-corrected chi connectivity index (χ1v) is 4.18. The summed E-state index contributed by atoms with van der Waals surface area (Å²) < 4.78 is 0. The molecule has 5 nitrogen and oxygen atoms in total. The third kappa shape index (κ3) is 2.05. The van der Waals surface area contributed by atoms with Gasteiger partial charge >= 0.3 is 5.69 Å². The van der Waals surface area contributed by atoms with Crippen LogP contribution in [-0.2, 0) is 6.42 Å². The number of nitrogens with zero attached hydrogens (tertiary/aromatic N) is 3. The van der Waals surface area contributed by atoms with E-state index in [1.807, 2.05) is 0 Å². The number of aryl methyl sites for hydroxylation is 1. The standard InChI is InChI=1S/C6H5Cl2N3O2/c1-2-3-4(11(12)13)5(7)10-6(8)9-3/h2H2,1H3. The smallest absolute Gasteiger partial charge is 0.258 e. The molecule has 1 aromatic heterocycles. The highest BCUT2D eigenvalue weighted by Crippen LogP contribution is 2.26. The molecule has 0 bridgehead atoms. The van der Waals surface area contributed by atoms with Gasteiger partial charge in [-0.2, -0.15) is 4.98 Å². The molecule has 0 fully saturated rings. The first kappa shape index (κ1) is 10.1. The molecule has 1 heterocycles. The number of nitro groups is 1. The summed E-state index contributed by atoms with van der Waals surface area (Å²) in [5.41, 5.74) is -0.0245. The van der Waals surface area contributed by atoms with Gasteiger partial charge < -0.3 is 0 Å². The Morgan fingerprint density at radius 2 is 2.08 bits per heavy atom. The molecule has 1 aromatic rings. The molecule has 1 rings (SSSR count). The summed E-state index contributed by atoms with van der Waals surface area (Å²) in [5, 5.41) is 10.2. The van der Waals surface area contributed by atoms with Crippen molar-refractivity contribution in [2.45, 2.75) is 13.3 Å². The van der Waals surface area contributed by atoms with Crippen molar-refractivity contribution in [2.24, 2.45) is 0 Å². The van der Waals surface area contributed by atoms with Crippen LogP contribution in [0.1, 0.15) is 12.6 Å². The minimum Gasteiger partial charge on any atom is -0.258 e. The maximum atomic E-state index is 10.5. The number of rotatable bonds is 2. The number of hydrogen-bond donors (Lipinski definition) is 0. The van der Waals surface area contributed by atoms with Crippen LogP contribution in [0.2, 0.25) is 10.4 Å². The molecule has 0 amide bonds. The summed E-state index contributed by atoms with van der Waals surface area (Å²) in [6.45, 7) is 1.72. The van der Waals surface area contributed by atoms with E-state index in [2.05, 4.69) is 9.97 Å². The Bertz CT molecular complexity index is 356. The molecule has 0 aromatic carbocycles. The maximum absolute atomic E-state index is 10.5. The third-order valence-corrected chi connectivity index (χ3v) is 1.84. The molecule has 0 saturated heterocycles. The Balaban J connectivity index is 3.38. The molecule has 0 atom stereocenters. The van der Waals surface area contributed by atoms with Gasteiger partial charge in [0, 0.05) is 0 Å². The highest BCUT2D eigenvalue weighted by atomic mass is 35.5. The van der Waals surface area contributed by atoms with E-state index in [-0.39, 0.29) is 21.8 Å². The van der Waals surface area contributed by atoms with Crippen LogP contribution in [0.4, 0.5) is 5.69 Å². The van der Waals surface area contributed by atoms with E-state index < -0.39 is 4.92 Å². The van der Waals surface area contributed by atoms with Crippen LogP contribution in [0.5, 0.6) is 0 Å². The molecule has 0 aliphatic carbocycles. The lowest BCUT2D eigenvalue weighted by Gasteiger charge is -2.00. The van der Waals surface area contributed by atoms with Crippen molar-refractivity contribution < 1.29 is 4.92 Å². The highest BCUT2D eigenvalue weighted by molar-refractivity contribution is 6.33. The topological polar surface area (TPSA) is 68.9 Å². The Kier molecular flexibility index (Phi) is 3.00. The van der Waals surface area contributed by atoms with E-state index in [4.69, 9.17) is 23.2 Å². The molecule has 0 aliphatic rings. The quantitative estimate of drug-likeness (QED) is 0.333. The number of aromatic nitrogens is 2. The van der Waals surface area contributed by atoms with E-state index in [0.29, 0.717) is 6.42 Å². The summed E-state index contributed by atoms with van der Waals surface area (Å²) in [7, 11) is 0. The zero-order chi connectivity index (χ0) is 10.0. The number of hydrogen-bond acceptors (Lipinski definition) is 4. The van der Waals surface area contributed by atoms with E-state index in [0.717, 1.165) is 0 Å². The monoisotopic (exact) mass is 221 g/mol. The largest absolute Gasteiger partial charge is 0.327 e. The predicted octanol–water partition coefficient (Wildman–Crippen LogP) is 2.25. The summed E-state index contributed by atoms with van der Waals surface area (Å²) in [6, 6.07) is 0. The summed E-state index contributed by atoms with van der Waals surface area (Å²) in [4.78, 5) is 17.1. The summed E-state index contributed by atoms with van der Waals surface area (Å²) >= 11 is 11.0. The molecule has 7 heteroatoms. The van der Waals surface area contributed by atoms with Crippen molar-refractivity contribution in [3.8, 4) is 0 Å². The Morgan fingerprint density at radius 1 is 1.46 bits per heavy atom. The third-order valence-electron chi connectivity index (χ3n) is 1.40. The molecule has 0 N–H and O–H groups in total. The highest BCUT2D eigenvalue weighted by Gasteiger charge is 2.21.